The number of anilines is 1. The fourth-order valence-electron chi connectivity index (χ4n) is 1.21. The summed E-state index contributed by atoms with van der Waals surface area (Å²) in [7, 11) is 1.78. The second kappa shape index (κ2) is 3.91. The predicted octanol–water partition coefficient (Wildman–Crippen LogP) is 1.70. The summed E-state index contributed by atoms with van der Waals surface area (Å²) < 4.78 is 5.14. The topological polar surface area (TPSA) is 51.0 Å². The normalized spacial score (nSPS) is 10.1. The Kier molecular flexibility index (Phi) is 2.44. The summed E-state index contributed by atoms with van der Waals surface area (Å²) in [5.41, 5.74) is 2.03. The van der Waals surface area contributed by atoms with Crippen LogP contribution < -0.4 is 5.32 Å². The average molecular weight is 189 g/mol. The molecule has 0 aliphatic carbocycles. The molecule has 0 aliphatic heterocycles. The Labute approximate surface area is 82.0 Å². The van der Waals surface area contributed by atoms with E-state index in [4.69, 9.17) is 4.42 Å². The Morgan fingerprint density at radius 2 is 2.43 bits per heavy atom. The minimum atomic E-state index is 0.545. The highest BCUT2D eigenvalue weighted by atomic mass is 16.4. The second-order valence-corrected chi connectivity index (χ2v) is 2.93. The summed E-state index contributed by atoms with van der Waals surface area (Å²) in [5, 5.41) is 2.84. The second-order valence-electron chi connectivity index (χ2n) is 2.93. The van der Waals surface area contributed by atoms with Crippen LogP contribution in [0.1, 0.15) is 11.3 Å². The lowest BCUT2D eigenvalue weighted by Crippen LogP contribution is -1.91. The number of pyridine rings is 1. The lowest BCUT2D eigenvalue weighted by Gasteiger charge is -1.94. The molecule has 72 valence electrons. The molecule has 0 saturated carbocycles. The van der Waals surface area contributed by atoms with Gasteiger partial charge in [0.2, 0.25) is 0 Å². The van der Waals surface area contributed by atoms with E-state index in [-0.39, 0.29) is 0 Å². The van der Waals surface area contributed by atoms with E-state index in [0.29, 0.717) is 6.01 Å². The number of nitrogens with zero attached hydrogens (tertiary/aromatic N) is 2. The zero-order valence-corrected chi connectivity index (χ0v) is 7.90. The first kappa shape index (κ1) is 8.74. The molecule has 0 saturated heterocycles. The maximum atomic E-state index is 5.14. The van der Waals surface area contributed by atoms with E-state index in [2.05, 4.69) is 15.3 Å². The molecule has 1 N–H and O–H groups in total. The number of rotatable bonds is 3. The third-order valence-corrected chi connectivity index (χ3v) is 1.87. The fraction of sp³-hybridized carbons (Fsp3) is 0.200. The van der Waals surface area contributed by atoms with E-state index in [1.807, 2.05) is 18.3 Å². The van der Waals surface area contributed by atoms with Gasteiger partial charge >= 0.3 is 0 Å². The van der Waals surface area contributed by atoms with Gasteiger partial charge in [-0.3, -0.25) is 4.98 Å². The van der Waals surface area contributed by atoms with Crippen molar-refractivity contribution >= 4 is 6.01 Å². The highest BCUT2D eigenvalue weighted by Gasteiger charge is 2.02. The van der Waals surface area contributed by atoms with Crippen molar-refractivity contribution in [3.63, 3.8) is 0 Å². The van der Waals surface area contributed by atoms with Gasteiger partial charge in [-0.2, -0.15) is 4.98 Å². The van der Waals surface area contributed by atoms with Gasteiger partial charge in [0, 0.05) is 25.9 Å². The highest BCUT2D eigenvalue weighted by molar-refractivity contribution is 5.23. The molecule has 4 heteroatoms. The van der Waals surface area contributed by atoms with Gasteiger partial charge in [-0.15, -0.1) is 0 Å². The summed E-state index contributed by atoms with van der Waals surface area (Å²) in [5.74, 6) is 0. The third kappa shape index (κ3) is 1.90. The smallest absolute Gasteiger partial charge is 0.294 e. The van der Waals surface area contributed by atoms with Crippen molar-refractivity contribution < 1.29 is 4.42 Å². The molecule has 0 radical (unpaired) electrons. The first-order valence-corrected chi connectivity index (χ1v) is 4.39. The summed E-state index contributed by atoms with van der Waals surface area (Å²) in [4.78, 5) is 8.25. The van der Waals surface area contributed by atoms with E-state index in [1.54, 1.807) is 19.5 Å². The molecule has 2 heterocycles. The zero-order valence-electron chi connectivity index (χ0n) is 7.90. The lowest BCUT2D eigenvalue weighted by atomic mass is 10.2. The molecule has 0 aliphatic rings. The highest BCUT2D eigenvalue weighted by Crippen LogP contribution is 2.10. The summed E-state index contributed by atoms with van der Waals surface area (Å²) in [6.07, 6.45) is 5.98. The standard InChI is InChI=1S/C10H11N3O/c1-11-10-13-9(7-14-10)5-8-3-2-4-12-6-8/h2-4,6-7H,5H2,1H3,(H,11,13). The number of hydrogen-bond donors (Lipinski definition) is 1. The Morgan fingerprint density at radius 3 is 3.07 bits per heavy atom. The molecule has 0 aromatic carbocycles. The van der Waals surface area contributed by atoms with Gasteiger partial charge in [-0.25, -0.2) is 0 Å². The minimum absolute atomic E-state index is 0.545. The molecule has 2 rings (SSSR count). The van der Waals surface area contributed by atoms with Crippen LogP contribution in [0.15, 0.2) is 35.2 Å². The molecule has 14 heavy (non-hydrogen) atoms. The molecule has 0 amide bonds. The summed E-state index contributed by atoms with van der Waals surface area (Å²) in [6, 6.07) is 4.47. The van der Waals surface area contributed by atoms with Gasteiger partial charge in [0.15, 0.2) is 0 Å². The number of nitrogens with one attached hydrogen (secondary N) is 1. The molecule has 2 aromatic heterocycles. The maximum absolute atomic E-state index is 5.14. The number of oxazole rings is 1. The molecule has 0 atom stereocenters. The van der Waals surface area contributed by atoms with Crippen LogP contribution in [0.3, 0.4) is 0 Å². The number of hydrogen-bond acceptors (Lipinski definition) is 4. The quantitative estimate of drug-likeness (QED) is 0.798. The lowest BCUT2D eigenvalue weighted by molar-refractivity contribution is 0.574. The molecular weight excluding hydrogens is 178 g/mol. The molecular formula is C10H11N3O. The van der Waals surface area contributed by atoms with Crippen LogP contribution in [0.4, 0.5) is 6.01 Å². The van der Waals surface area contributed by atoms with Crippen LogP contribution in [-0.2, 0) is 6.42 Å². The summed E-state index contributed by atoms with van der Waals surface area (Å²) >= 11 is 0. The molecule has 2 aromatic rings. The molecule has 0 bridgehead atoms. The van der Waals surface area contributed by atoms with Crippen molar-refractivity contribution in [3.05, 3.63) is 42.0 Å². The van der Waals surface area contributed by atoms with Crippen molar-refractivity contribution in [3.8, 4) is 0 Å². The average Bonchev–Trinajstić information content (AvgIpc) is 2.67. The van der Waals surface area contributed by atoms with Crippen molar-refractivity contribution in [2.75, 3.05) is 12.4 Å². The fourth-order valence-corrected chi connectivity index (χ4v) is 1.21. The van der Waals surface area contributed by atoms with Crippen LogP contribution in [0.2, 0.25) is 0 Å². The molecule has 0 fully saturated rings. The van der Waals surface area contributed by atoms with Crippen molar-refractivity contribution in [2.45, 2.75) is 6.42 Å². The Hall–Kier alpha value is -1.84. The van der Waals surface area contributed by atoms with Crippen LogP contribution in [-0.4, -0.2) is 17.0 Å². The van der Waals surface area contributed by atoms with Crippen LogP contribution >= 0.6 is 0 Å². The monoisotopic (exact) mass is 189 g/mol. The van der Waals surface area contributed by atoms with Gasteiger partial charge in [0.25, 0.3) is 6.01 Å². The van der Waals surface area contributed by atoms with Gasteiger partial charge in [0.1, 0.15) is 6.26 Å². The van der Waals surface area contributed by atoms with E-state index >= 15 is 0 Å². The maximum Gasteiger partial charge on any atom is 0.294 e. The molecule has 0 spiro atoms. The van der Waals surface area contributed by atoms with Crippen molar-refractivity contribution in [1.82, 2.24) is 9.97 Å². The molecule has 4 nitrogen and oxygen atoms in total. The summed E-state index contributed by atoms with van der Waals surface area (Å²) in [6.45, 7) is 0. The van der Waals surface area contributed by atoms with E-state index < -0.39 is 0 Å². The third-order valence-electron chi connectivity index (χ3n) is 1.87. The van der Waals surface area contributed by atoms with Crippen LogP contribution in [0.25, 0.3) is 0 Å². The largest absolute Gasteiger partial charge is 0.432 e. The van der Waals surface area contributed by atoms with Gasteiger partial charge < -0.3 is 9.73 Å². The number of aromatic nitrogens is 2. The Morgan fingerprint density at radius 1 is 1.50 bits per heavy atom. The van der Waals surface area contributed by atoms with Gasteiger partial charge in [0.05, 0.1) is 5.69 Å². The first-order valence-electron chi connectivity index (χ1n) is 4.39. The van der Waals surface area contributed by atoms with Crippen LogP contribution in [0, 0.1) is 0 Å². The van der Waals surface area contributed by atoms with Crippen LogP contribution in [0.5, 0.6) is 0 Å². The SMILES string of the molecule is CNc1nc(Cc2cccnc2)co1. The van der Waals surface area contributed by atoms with E-state index in [1.165, 1.54) is 0 Å². The van der Waals surface area contributed by atoms with Gasteiger partial charge in [-0.05, 0) is 11.6 Å². The Balaban J connectivity index is 2.11. The van der Waals surface area contributed by atoms with Crippen molar-refractivity contribution in [1.29, 1.82) is 0 Å². The van der Waals surface area contributed by atoms with Crippen molar-refractivity contribution in [2.24, 2.45) is 0 Å². The van der Waals surface area contributed by atoms with Gasteiger partial charge in [-0.1, -0.05) is 6.07 Å². The zero-order chi connectivity index (χ0) is 9.80. The van der Waals surface area contributed by atoms with E-state index in [9.17, 15) is 0 Å². The minimum Gasteiger partial charge on any atom is -0.432 e. The first-order chi connectivity index (χ1) is 6.88. The Bertz CT molecular complexity index is 397. The van der Waals surface area contributed by atoms with E-state index in [0.717, 1.165) is 17.7 Å². The molecule has 0 unspecified atom stereocenters. The predicted molar refractivity (Wildman–Crippen MR) is 53.1 cm³/mol.